The van der Waals surface area contributed by atoms with Crippen LogP contribution in [0.25, 0.3) is 0 Å². The van der Waals surface area contributed by atoms with E-state index in [4.69, 9.17) is 5.73 Å². The van der Waals surface area contributed by atoms with Gasteiger partial charge in [0.25, 0.3) is 0 Å². The number of likely N-dealkylation sites (N-methyl/N-ethyl adjacent to an activating group) is 1. The minimum atomic E-state index is -0.0833. The van der Waals surface area contributed by atoms with Crippen molar-refractivity contribution in [3.8, 4) is 0 Å². The van der Waals surface area contributed by atoms with Crippen LogP contribution >= 0.6 is 27.3 Å². The van der Waals surface area contributed by atoms with E-state index in [9.17, 15) is 4.79 Å². The molecule has 1 atom stereocenters. The Balaban J connectivity index is 2.40. The summed E-state index contributed by atoms with van der Waals surface area (Å²) in [6, 6.07) is 4.11. The Bertz CT molecular complexity index is 354. The Hall–Kier alpha value is -0.390. The summed E-state index contributed by atoms with van der Waals surface area (Å²) < 4.78 is 1.13. The first-order chi connectivity index (χ1) is 7.54. The molecule has 5 heteroatoms. The first-order valence-electron chi connectivity index (χ1n) is 5.24. The van der Waals surface area contributed by atoms with Gasteiger partial charge in [0.2, 0.25) is 5.91 Å². The van der Waals surface area contributed by atoms with Crippen LogP contribution in [0.5, 0.6) is 0 Å². The van der Waals surface area contributed by atoms with Crippen LogP contribution in [0.2, 0.25) is 0 Å². The summed E-state index contributed by atoms with van der Waals surface area (Å²) in [5, 5.41) is 0. The van der Waals surface area contributed by atoms with E-state index in [2.05, 4.69) is 22.0 Å². The molecule has 0 aliphatic carbocycles. The lowest BCUT2D eigenvalue weighted by molar-refractivity contribution is -0.133. The molecule has 1 unspecified atom stereocenters. The van der Waals surface area contributed by atoms with Gasteiger partial charge in [0, 0.05) is 30.9 Å². The van der Waals surface area contributed by atoms with Crippen molar-refractivity contribution in [1.82, 2.24) is 4.90 Å². The van der Waals surface area contributed by atoms with Gasteiger partial charge in [-0.15, -0.1) is 11.3 Å². The second-order valence-corrected chi connectivity index (χ2v) is 6.40. The third-order valence-electron chi connectivity index (χ3n) is 2.47. The van der Waals surface area contributed by atoms with Gasteiger partial charge in [0.05, 0.1) is 3.79 Å². The van der Waals surface area contributed by atoms with Gasteiger partial charge in [-0.3, -0.25) is 4.79 Å². The molecule has 1 amide bonds. The fourth-order valence-corrected chi connectivity index (χ4v) is 2.82. The SMILES string of the molecule is CC(CN)C(=O)N(C)CCc1ccc(Br)s1. The number of amides is 1. The topological polar surface area (TPSA) is 46.3 Å². The molecule has 1 rings (SSSR count). The summed E-state index contributed by atoms with van der Waals surface area (Å²) in [7, 11) is 1.83. The van der Waals surface area contributed by atoms with Gasteiger partial charge in [-0.25, -0.2) is 0 Å². The van der Waals surface area contributed by atoms with E-state index in [0.29, 0.717) is 6.54 Å². The largest absolute Gasteiger partial charge is 0.345 e. The average molecular weight is 305 g/mol. The molecule has 2 N–H and O–H groups in total. The number of halogens is 1. The third-order valence-corrected chi connectivity index (χ3v) is 4.16. The third kappa shape index (κ3) is 3.88. The monoisotopic (exact) mass is 304 g/mol. The molecule has 0 aromatic carbocycles. The summed E-state index contributed by atoms with van der Waals surface area (Å²) in [5.74, 6) is 0.0400. The zero-order chi connectivity index (χ0) is 12.1. The maximum atomic E-state index is 11.7. The van der Waals surface area contributed by atoms with Crippen LogP contribution in [0.4, 0.5) is 0 Å². The van der Waals surface area contributed by atoms with Crippen LogP contribution in [0, 0.1) is 5.92 Å². The number of hydrogen-bond acceptors (Lipinski definition) is 3. The van der Waals surface area contributed by atoms with Crippen molar-refractivity contribution < 1.29 is 4.79 Å². The number of hydrogen-bond donors (Lipinski definition) is 1. The number of thiophene rings is 1. The van der Waals surface area contributed by atoms with E-state index in [1.807, 2.05) is 20.0 Å². The smallest absolute Gasteiger partial charge is 0.226 e. The van der Waals surface area contributed by atoms with Gasteiger partial charge in [-0.1, -0.05) is 6.92 Å². The Kier molecular flexibility index (Phi) is 5.44. The predicted molar refractivity (Wildman–Crippen MR) is 71.6 cm³/mol. The maximum Gasteiger partial charge on any atom is 0.226 e. The molecule has 0 bridgehead atoms. The van der Waals surface area contributed by atoms with Gasteiger partial charge in [0.15, 0.2) is 0 Å². The molecule has 0 radical (unpaired) electrons. The Labute approximate surface area is 109 Å². The number of nitrogens with zero attached hydrogens (tertiary/aromatic N) is 1. The van der Waals surface area contributed by atoms with E-state index < -0.39 is 0 Å². The molecule has 0 aliphatic heterocycles. The number of carbonyl (C=O) groups excluding carboxylic acids is 1. The van der Waals surface area contributed by atoms with Crippen LogP contribution in [0.15, 0.2) is 15.9 Å². The molecule has 16 heavy (non-hydrogen) atoms. The standard InChI is InChI=1S/C11H17BrN2OS/c1-8(7-13)11(15)14(2)6-5-9-3-4-10(12)16-9/h3-4,8H,5-7,13H2,1-2H3. The highest BCUT2D eigenvalue weighted by atomic mass is 79.9. The van der Waals surface area contributed by atoms with Crippen molar-refractivity contribution in [3.05, 3.63) is 20.8 Å². The Morgan fingerprint density at radius 2 is 2.31 bits per heavy atom. The minimum Gasteiger partial charge on any atom is -0.345 e. The van der Waals surface area contributed by atoms with E-state index >= 15 is 0 Å². The molecule has 0 saturated heterocycles. The maximum absolute atomic E-state index is 11.7. The first kappa shape index (κ1) is 13.7. The quantitative estimate of drug-likeness (QED) is 0.905. The molecular formula is C11H17BrN2OS. The lowest BCUT2D eigenvalue weighted by atomic mass is 10.1. The molecular weight excluding hydrogens is 288 g/mol. The van der Waals surface area contributed by atoms with Gasteiger partial charge in [0.1, 0.15) is 0 Å². The summed E-state index contributed by atoms with van der Waals surface area (Å²) in [5.41, 5.74) is 5.47. The van der Waals surface area contributed by atoms with Crippen LogP contribution < -0.4 is 5.73 Å². The Morgan fingerprint density at radius 3 is 2.81 bits per heavy atom. The van der Waals surface area contributed by atoms with Crippen LogP contribution in [-0.4, -0.2) is 30.9 Å². The average Bonchev–Trinajstić information content (AvgIpc) is 2.69. The molecule has 1 aromatic rings. The summed E-state index contributed by atoms with van der Waals surface area (Å²) in [4.78, 5) is 14.8. The summed E-state index contributed by atoms with van der Waals surface area (Å²) >= 11 is 5.13. The molecule has 0 spiro atoms. The molecule has 0 saturated carbocycles. The Morgan fingerprint density at radius 1 is 1.62 bits per heavy atom. The summed E-state index contributed by atoms with van der Waals surface area (Å²) in [6.45, 7) is 3.02. The predicted octanol–water partition coefficient (Wildman–Crippen LogP) is 2.11. The van der Waals surface area contributed by atoms with E-state index in [0.717, 1.165) is 16.8 Å². The lowest BCUT2D eigenvalue weighted by Crippen LogP contribution is -2.36. The van der Waals surface area contributed by atoms with E-state index in [1.165, 1.54) is 4.88 Å². The van der Waals surface area contributed by atoms with E-state index in [1.54, 1.807) is 16.2 Å². The molecule has 0 fully saturated rings. The zero-order valence-corrected chi connectivity index (χ0v) is 12.0. The first-order valence-corrected chi connectivity index (χ1v) is 6.84. The number of nitrogens with two attached hydrogens (primary N) is 1. The second kappa shape index (κ2) is 6.37. The van der Waals surface area contributed by atoms with Crippen LogP contribution in [0.1, 0.15) is 11.8 Å². The minimum absolute atomic E-state index is 0.0833. The molecule has 1 aromatic heterocycles. The normalized spacial score (nSPS) is 12.5. The van der Waals surface area contributed by atoms with Gasteiger partial charge < -0.3 is 10.6 Å². The highest BCUT2D eigenvalue weighted by Crippen LogP contribution is 2.22. The fraction of sp³-hybridized carbons (Fsp3) is 0.545. The van der Waals surface area contributed by atoms with Crippen molar-refractivity contribution in [3.63, 3.8) is 0 Å². The lowest BCUT2D eigenvalue weighted by Gasteiger charge is -2.20. The van der Waals surface area contributed by atoms with Gasteiger partial charge >= 0.3 is 0 Å². The highest BCUT2D eigenvalue weighted by molar-refractivity contribution is 9.11. The van der Waals surface area contributed by atoms with Gasteiger partial charge in [-0.2, -0.15) is 0 Å². The fourth-order valence-electron chi connectivity index (χ4n) is 1.35. The van der Waals surface area contributed by atoms with Crippen LogP contribution in [-0.2, 0) is 11.2 Å². The molecule has 90 valence electrons. The highest BCUT2D eigenvalue weighted by Gasteiger charge is 2.15. The van der Waals surface area contributed by atoms with Gasteiger partial charge in [-0.05, 0) is 34.5 Å². The molecule has 1 heterocycles. The van der Waals surface area contributed by atoms with Crippen molar-refractivity contribution in [1.29, 1.82) is 0 Å². The van der Waals surface area contributed by atoms with Crippen molar-refractivity contribution in [2.24, 2.45) is 11.7 Å². The molecule has 0 aliphatic rings. The summed E-state index contributed by atoms with van der Waals surface area (Å²) in [6.07, 6.45) is 0.899. The zero-order valence-electron chi connectivity index (χ0n) is 9.57. The van der Waals surface area contributed by atoms with E-state index in [-0.39, 0.29) is 11.8 Å². The number of rotatable bonds is 5. The van der Waals surface area contributed by atoms with Crippen molar-refractivity contribution in [2.45, 2.75) is 13.3 Å². The van der Waals surface area contributed by atoms with Crippen LogP contribution in [0.3, 0.4) is 0 Å². The second-order valence-electron chi connectivity index (χ2n) is 3.85. The number of carbonyl (C=O) groups is 1. The van der Waals surface area contributed by atoms with Crippen molar-refractivity contribution in [2.75, 3.05) is 20.1 Å². The van der Waals surface area contributed by atoms with Crippen molar-refractivity contribution >= 4 is 33.2 Å². The molecule has 3 nitrogen and oxygen atoms in total.